The second-order valence-corrected chi connectivity index (χ2v) is 6.00. The van der Waals surface area contributed by atoms with Gasteiger partial charge in [-0.2, -0.15) is 0 Å². The number of carbonyl (C=O) groups is 1. The third-order valence-corrected chi connectivity index (χ3v) is 4.37. The minimum absolute atomic E-state index is 0.0795. The molecule has 1 amide bonds. The topological polar surface area (TPSA) is 72.2 Å². The van der Waals surface area contributed by atoms with Crippen molar-refractivity contribution in [3.63, 3.8) is 0 Å². The van der Waals surface area contributed by atoms with E-state index in [9.17, 15) is 19.3 Å². The minimum atomic E-state index is -0.519. The van der Waals surface area contributed by atoms with E-state index in [1.807, 2.05) is 6.92 Å². The summed E-state index contributed by atoms with van der Waals surface area (Å²) in [5.41, 5.74) is 1.62. The summed E-state index contributed by atoms with van der Waals surface area (Å²) in [5, 5.41) is 13.7. The first-order valence-corrected chi connectivity index (χ1v) is 7.80. The molecule has 1 N–H and O–H groups in total. The molecule has 0 bridgehead atoms. The van der Waals surface area contributed by atoms with Crippen molar-refractivity contribution >= 4 is 29.0 Å². The van der Waals surface area contributed by atoms with Crippen LogP contribution in [0.2, 0.25) is 0 Å². The number of halogens is 1. The van der Waals surface area contributed by atoms with Gasteiger partial charge in [-0.1, -0.05) is 6.07 Å². The molecule has 0 atom stereocenters. The molecule has 0 saturated heterocycles. The highest BCUT2D eigenvalue weighted by molar-refractivity contribution is 8.00. The molecular formula is C16H15FN2O3S. The number of hydrogen-bond donors (Lipinski definition) is 1. The molecule has 2 rings (SSSR count). The van der Waals surface area contributed by atoms with Crippen LogP contribution in [-0.4, -0.2) is 16.6 Å². The molecule has 0 radical (unpaired) electrons. The first-order chi connectivity index (χ1) is 10.9. The average molecular weight is 334 g/mol. The Labute approximate surface area is 137 Å². The zero-order valence-electron chi connectivity index (χ0n) is 12.6. The van der Waals surface area contributed by atoms with Crippen molar-refractivity contribution in [2.45, 2.75) is 18.7 Å². The van der Waals surface area contributed by atoms with E-state index < -0.39 is 4.92 Å². The van der Waals surface area contributed by atoms with Crippen LogP contribution in [0.3, 0.4) is 0 Å². The molecule has 23 heavy (non-hydrogen) atoms. The number of benzene rings is 2. The number of anilines is 1. The van der Waals surface area contributed by atoms with Crippen LogP contribution in [0.25, 0.3) is 0 Å². The van der Waals surface area contributed by atoms with Gasteiger partial charge in [-0.3, -0.25) is 14.9 Å². The Balaban J connectivity index is 2.09. The molecule has 0 fully saturated rings. The lowest BCUT2D eigenvalue weighted by molar-refractivity contribution is -0.384. The highest BCUT2D eigenvalue weighted by atomic mass is 32.2. The molecule has 0 unspecified atom stereocenters. The number of aryl methyl sites for hydroxylation is 1. The van der Waals surface area contributed by atoms with Crippen LogP contribution in [0, 0.1) is 29.8 Å². The summed E-state index contributed by atoms with van der Waals surface area (Å²) in [6, 6.07) is 8.81. The van der Waals surface area contributed by atoms with Crippen LogP contribution in [0.4, 0.5) is 15.8 Å². The summed E-state index contributed by atoms with van der Waals surface area (Å²) >= 11 is 1.23. The molecule has 0 heterocycles. The van der Waals surface area contributed by atoms with Gasteiger partial charge in [-0.25, -0.2) is 4.39 Å². The van der Waals surface area contributed by atoms with Gasteiger partial charge in [0.1, 0.15) is 11.5 Å². The molecule has 5 nitrogen and oxygen atoms in total. The molecule has 2 aromatic rings. The maximum atomic E-state index is 12.8. The smallest absolute Gasteiger partial charge is 0.293 e. The van der Waals surface area contributed by atoms with Crippen molar-refractivity contribution in [3.8, 4) is 0 Å². The number of carbonyl (C=O) groups excluding carboxylic acids is 1. The number of amides is 1. The van der Waals surface area contributed by atoms with Crippen LogP contribution in [-0.2, 0) is 4.79 Å². The predicted molar refractivity (Wildman–Crippen MR) is 88.3 cm³/mol. The Bertz CT molecular complexity index is 748. The normalized spacial score (nSPS) is 10.4. The highest BCUT2D eigenvalue weighted by Crippen LogP contribution is 2.30. The van der Waals surface area contributed by atoms with Crippen molar-refractivity contribution in [1.29, 1.82) is 0 Å². The molecule has 120 valence electrons. The van der Waals surface area contributed by atoms with E-state index in [-0.39, 0.29) is 28.9 Å². The first kappa shape index (κ1) is 17.0. The summed E-state index contributed by atoms with van der Waals surface area (Å²) in [6.45, 7) is 3.55. The van der Waals surface area contributed by atoms with Gasteiger partial charge in [0.2, 0.25) is 5.91 Å². The van der Waals surface area contributed by atoms with Crippen molar-refractivity contribution in [2.75, 3.05) is 11.1 Å². The number of nitro groups is 1. The second-order valence-electron chi connectivity index (χ2n) is 4.95. The number of nitrogens with zero attached hydrogens (tertiary/aromatic N) is 1. The molecule has 0 spiro atoms. The van der Waals surface area contributed by atoms with E-state index in [0.29, 0.717) is 5.56 Å². The SMILES string of the molecule is Cc1ccc([N+](=O)[O-])c(NC(=O)CSc2ccc(F)cc2)c1C. The second kappa shape index (κ2) is 7.23. The molecule has 0 saturated carbocycles. The molecular weight excluding hydrogens is 319 g/mol. The van der Waals surface area contributed by atoms with Crippen molar-refractivity contribution < 1.29 is 14.1 Å². The van der Waals surface area contributed by atoms with Gasteiger partial charge in [-0.05, 0) is 49.2 Å². The molecule has 0 aromatic heterocycles. The summed E-state index contributed by atoms with van der Waals surface area (Å²) in [4.78, 5) is 23.4. The van der Waals surface area contributed by atoms with Crippen LogP contribution >= 0.6 is 11.8 Å². The van der Waals surface area contributed by atoms with Gasteiger partial charge < -0.3 is 5.32 Å². The standard InChI is InChI=1S/C16H15FN2O3S/c1-10-3-8-14(19(21)22)16(11(10)2)18-15(20)9-23-13-6-4-12(17)5-7-13/h3-8H,9H2,1-2H3,(H,18,20). The molecule has 7 heteroatoms. The number of nitrogens with one attached hydrogen (secondary N) is 1. The van der Waals surface area contributed by atoms with E-state index in [2.05, 4.69) is 5.32 Å². The monoisotopic (exact) mass is 334 g/mol. The molecule has 0 aliphatic heterocycles. The van der Waals surface area contributed by atoms with Crippen molar-refractivity contribution in [1.82, 2.24) is 0 Å². The van der Waals surface area contributed by atoms with Gasteiger partial charge in [0, 0.05) is 11.0 Å². The predicted octanol–water partition coefficient (Wildman–Crippen LogP) is 4.08. The van der Waals surface area contributed by atoms with Gasteiger partial charge in [0.15, 0.2) is 0 Å². The summed E-state index contributed by atoms with van der Waals surface area (Å²) in [6.07, 6.45) is 0. The number of nitro benzene ring substituents is 1. The fourth-order valence-electron chi connectivity index (χ4n) is 1.97. The maximum Gasteiger partial charge on any atom is 0.293 e. The Hall–Kier alpha value is -2.41. The fraction of sp³-hybridized carbons (Fsp3) is 0.188. The summed E-state index contributed by atoms with van der Waals surface area (Å²) < 4.78 is 12.8. The lowest BCUT2D eigenvalue weighted by atomic mass is 10.1. The highest BCUT2D eigenvalue weighted by Gasteiger charge is 2.19. The molecule has 0 aliphatic rings. The fourth-order valence-corrected chi connectivity index (χ4v) is 2.67. The molecule has 0 aliphatic carbocycles. The minimum Gasteiger partial charge on any atom is -0.319 e. The zero-order chi connectivity index (χ0) is 17.0. The Morgan fingerprint density at radius 2 is 1.87 bits per heavy atom. The number of rotatable bonds is 5. The van der Waals surface area contributed by atoms with Crippen LogP contribution in [0.5, 0.6) is 0 Å². The van der Waals surface area contributed by atoms with Crippen molar-refractivity contribution in [2.24, 2.45) is 0 Å². The lowest BCUT2D eigenvalue weighted by Crippen LogP contribution is -2.16. The van der Waals surface area contributed by atoms with E-state index in [4.69, 9.17) is 0 Å². The van der Waals surface area contributed by atoms with Gasteiger partial charge in [0.05, 0.1) is 10.7 Å². The first-order valence-electron chi connectivity index (χ1n) is 6.81. The Morgan fingerprint density at radius 3 is 2.48 bits per heavy atom. The largest absolute Gasteiger partial charge is 0.319 e. The number of hydrogen-bond acceptors (Lipinski definition) is 4. The van der Waals surface area contributed by atoms with Crippen LogP contribution in [0.1, 0.15) is 11.1 Å². The van der Waals surface area contributed by atoms with Gasteiger partial charge in [-0.15, -0.1) is 11.8 Å². The quantitative estimate of drug-likeness (QED) is 0.508. The maximum absolute atomic E-state index is 12.8. The lowest BCUT2D eigenvalue weighted by Gasteiger charge is -2.11. The summed E-state index contributed by atoms with van der Waals surface area (Å²) in [7, 11) is 0. The van der Waals surface area contributed by atoms with Crippen LogP contribution in [0.15, 0.2) is 41.3 Å². The van der Waals surface area contributed by atoms with Crippen LogP contribution < -0.4 is 5.32 Å². The average Bonchev–Trinajstić information content (AvgIpc) is 2.51. The zero-order valence-corrected chi connectivity index (χ0v) is 13.4. The third kappa shape index (κ3) is 4.29. The Kier molecular flexibility index (Phi) is 5.33. The van der Waals surface area contributed by atoms with E-state index in [0.717, 1.165) is 10.5 Å². The van der Waals surface area contributed by atoms with Crippen molar-refractivity contribution in [3.05, 3.63) is 63.5 Å². The van der Waals surface area contributed by atoms with E-state index >= 15 is 0 Å². The van der Waals surface area contributed by atoms with E-state index in [1.54, 1.807) is 25.1 Å². The Morgan fingerprint density at radius 1 is 1.22 bits per heavy atom. The van der Waals surface area contributed by atoms with E-state index in [1.165, 1.54) is 30.0 Å². The summed E-state index contributed by atoms with van der Waals surface area (Å²) in [5.74, 6) is -0.614. The van der Waals surface area contributed by atoms with Gasteiger partial charge >= 0.3 is 0 Å². The number of thioether (sulfide) groups is 1. The third-order valence-electron chi connectivity index (χ3n) is 3.36. The molecule has 2 aromatic carbocycles. The van der Waals surface area contributed by atoms with Gasteiger partial charge in [0.25, 0.3) is 5.69 Å².